The zero-order valence-corrected chi connectivity index (χ0v) is 13.2. The lowest BCUT2D eigenvalue weighted by Crippen LogP contribution is -2.25. The molecule has 1 aliphatic carbocycles. The van der Waals surface area contributed by atoms with Gasteiger partial charge in [0.1, 0.15) is 6.10 Å². The number of carbonyl (C=O) groups is 2. The zero-order chi connectivity index (χ0) is 15.7. The van der Waals surface area contributed by atoms with Crippen LogP contribution in [0.2, 0.25) is 0 Å². The number of aliphatic hydroxyl groups excluding tert-OH is 1. The molecule has 21 heavy (non-hydrogen) atoms. The van der Waals surface area contributed by atoms with Gasteiger partial charge >= 0.3 is 11.9 Å². The van der Waals surface area contributed by atoms with Crippen molar-refractivity contribution in [2.45, 2.75) is 64.4 Å². The first-order valence-electron chi connectivity index (χ1n) is 7.93. The lowest BCUT2D eigenvalue weighted by atomic mass is 9.89. The lowest BCUT2D eigenvalue weighted by Gasteiger charge is -2.23. The molecule has 1 N–H and O–H groups in total. The molecule has 0 aromatic heterocycles. The predicted octanol–water partition coefficient (Wildman–Crippen LogP) is 2.45. The Balaban J connectivity index is 2.23. The van der Waals surface area contributed by atoms with Crippen LogP contribution >= 0.6 is 0 Å². The highest BCUT2D eigenvalue weighted by Gasteiger charge is 2.37. The third-order valence-corrected chi connectivity index (χ3v) is 4.35. The van der Waals surface area contributed by atoms with Crippen LogP contribution in [0.1, 0.15) is 58.3 Å². The molecule has 5 nitrogen and oxygen atoms in total. The van der Waals surface area contributed by atoms with Crippen molar-refractivity contribution >= 4 is 11.9 Å². The average molecular weight is 300 g/mol. The Hall–Kier alpha value is -1.10. The molecule has 1 fully saturated rings. The molecule has 3 atom stereocenters. The summed E-state index contributed by atoms with van der Waals surface area (Å²) in [5.74, 6) is 0.145. The Morgan fingerprint density at radius 2 is 1.86 bits per heavy atom. The Morgan fingerprint density at radius 1 is 1.14 bits per heavy atom. The molecule has 122 valence electrons. The summed E-state index contributed by atoms with van der Waals surface area (Å²) in [4.78, 5) is 22.1. The van der Waals surface area contributed by atoms with Gasteiger partial charge < -0.3 is 14.6 Å². The van der Waals surface area contributed by atoms with E-state index in [2.05, 4.69) is 4.74 Å². The fourth-order valence-electron chi connectivity index (χ4n) is 3.22. The van der Waals surface area contributed by atoms with Gasteiger partial charge in [-0.05, 0) is 31.6 Å². The maximum atomic E-state index is 11.1. The number of ether oxygens (including phenoxy) is 2. The molecule has 5 heteroatoms. The molecule has 0 aliphatic heterocycles. The number of carbonyl (C=O) groups excluding carboxylic acids is 2. The molecule has 0 aromatic carbocycles. The quantitative estimate of drug-likeness (QED) is 0.523. The molecule has 0 amide bonds. The van der Waals surface area contributed by atoms with Gasteiger partial charge in [0.25, 0.3) is 0 Å². The molecule has 0 aromatic rings. The van der Waals surface area contributed by atoms with Crippen molar-refractivity contribution in [2.24, 2.45) is 11.8 Å². The van der Waals surface area contributed by atoms with Crippen molar-refractivity contribution in [2.75, 3.05) is 13.7 Å². The van der Waals surface area contributed by atoms with Gasteiger partial charge in [0.2, 0.25) is 0 Å². The fraction of sp³-hybridized carbons (Fsp3) is 0.875. The highest BCUT2D eigenvalue weighted by atomic mass is 16.5. The molecule has 0 unspecified atom stereocenters. The van der Waals surface area contributed by atoms with Crippen LogP contribution in [0, 0.1) is 11.8 Å². The monoisotopic (exact) mass is 300 g/mol. The number of aliphatic hydroxyl groups is 1. The van der Waals surface area contributed by atoms with E-state index in [0.29, 0.717) is 6.42 Å². The normalized spacial score (nSPS) is 24.8. The summed E-state index contributed by atoms with van der Waals surface area (Å²) in [7, 11) is 1.41. The maximum absolute atomic E-state index is 11.1. The Morgan fingerprint density at radius 3 is 2.48 bits per heavy atom. The summed E-state index contributed by atoms with van der Waals surface area (Å²) in [6, 6.07) is 0. The van der Waals surface area contributed by atoms with E-state index in [1.165, 1.54) is 14.0 Å². The van der Waals surface area contributed by atoms with E-state index >= 15 is 0 Å². The van der Waals surface area contributed by atoms with Crippen LogP contribution in [0.3, 0.4) is 0 Å². The average Bonchev–Trinajstić information content (AvgIpc) is 2.83. The van der Waals surface area contributed by atoms with Gasteiger partial charge in [-0.2, -0.15) is 0 Å². The molecule has 1 aliphatic rings. The Labute approximate surface area is 127 Å². The number of rotatable bonds is 9. The molecular weight excluding hydrogens is 272 g/mol. The second-order valence-electron chi connectivity index (χ2n) is 5.86. The number of methoxy groups -OCH3 is 1. The van der Waals surface area contributed by atoms with Crippen LogP contribution in [-0.4, -0.2) is 36.9 Å². The smallest absolute Gasteiger partial charge is 0.305 e. The summed E-state index contributed by atoms with van der Waals surface area (Å²) in [6.07, 6.45) is 7.17. The summed E-state index contributed by atoms with van der Waals surface area (Å²) >= 11 is 0. The van der Waals surface area contributed by atoms with Crippen LogP contribution in [0.15, 0.2) is 0 Å². The van der Waals surface area contributed by atoms with E-state index in [9.17, 15) is 14.7 Å². The third kappa shape index (κ3) is 6.46. The van der Waals surface area contributed by atoms with Gasteiger partial charge in [-0.1, -0.05) is 19.3 Å². The number of hydrogen-bond acceptors (Lipinski definition) is 5. The summed E-state index contributed by atoms with van der Waals surface area (Å²) in [5, 5.41) is 9.43. The number of unbranched alkanes of at least 4 members (excludes halogenated alkanes) is 3. The molecule has 1 rings (SSSR count). The van der Waals surface area contributed by atoms with E-state index < -0.39 is 0 Å². The number of esters is 2. The standard InChI is InChI=1S/C16H28O5/c1-12(18)21-15-10-9-13(11-17)14(15)7-5-3-4-6-8-16(19)20-2/h13-15,17H,3-11H2,1-2H3/t13-,14-,15+/m1/s1. The summed E-state index contributed by atoms with van der Waals surface area (Å²) in [6.45, 7) is 1.61. The van der Waals surface area contributed by atoms with Crippen molar-refractivity contribution in [3.8, 4) is 0 Å². The third-order valence-electron chi connectivity index (χ3n) is 4.35. The second-order valence-corrected chi connectivity index (χ2v) is 5.86. The minimum Gasteiger partial charge on any atom is -0.469 e. The second kappa shape index (κ2) is 9.77. The molecular formula is C16H28O5. The Kier molecular flexibility index (Phi) is 8.35. The van der Waals surface area contributed by atoms with Crippen LogP contribution in [0.5, 0.6) is 0 Å². The van der Waals surface area contributed by atoms with Crippen LogP contribution < -0.4 is 0 Å². The lowest BCUT2D eigenvalue weighted by molar-refractivity contribution is -0.148. The van der Waals surface area contributed by atoms with E-state index in [1.807, 2.05) is 0 Å². The molecule has 0 spiro atoms. The zero-order valence-electron chi connectivity index (χ0n) is 13.2. The topological polar surface area (TPSA) is 72.8 Å². The van der Waals surface area contributed by atoms with E-state index in [1.54, 1.807) is 0 Å². The molecule has 1 saturated carbocycles. The number of hydrogen-bond donors (Lipinski definition) is 1. The van der Waals surface area contributed by atoms with Crippen molar-refractivity contribution in [3.63, 3.8) is 0 Å². The first-order chi connectivity index (χ1) is 10.1. The molecule has 0 saturated heterocycles. The summed E-state index contributed by atoms with van der Waals surface area (Å²) < 4.78 is 9.97. The van der Waals surface area contributed by atoms with E-state index in [0.717, 1.165) is 44.9 Å². The first kappa shape index (κ1) is 18.0. The first-order valence-corrected chi connectivity index (χ1v) is 7.93. The van der Waals surface area contributed by atoms with Gasteiger partial charge in [-0.25, -0.2) is 0 Å². The highest BCUT2D eigenvalue weighted by Crippen LogP contribution is 2.37. The Bertz CT molecular complexity index is 329. The largest absolute Gasteiger partial charge is 0.469 e. The van der Waals surface area contributed by atoms with Crippen LogP contribution in [0.25, 0.3) is 0 Å². The van der Waals surface area contributed by atoms with Crippen molar-refractivity contribution in [1.82, 2.24) is 0 Å². The molecule has 0 radical (unpaired) electrons. The van der Waals surface area contributed by atoms with Crippen LogP contribution in [0.4, 0.5) is 0 Å². The van der Waals surface area contributed by atoms with Crippen molar-refractivity contribution < 1.29 is 24.2 Å². The minimum absolute atomic E-state index is 0.0327. The van der Waals surface area contributed by atoms with Gasteiger partial charge in [0.05, 0.1) is 7.11 Å². The van der Waals surface area contributed by atoms with Crippen molar-refractivity contribution in [3.05, 3.63) is 0 Å². The fourth-order valence-corrected chi connectivity index (χ4v) is 3.22. The summed E-state index contributed by atoms with van der Waals surface area (Å²) in [5.41, 5.74) is 0. The highest BCUT2D eigenvalue weighted by molar-refractivity contribution is 5.69. The van der Waals surface area contributed by atoms with Gasteiger partial charge in [-0.15, -0.1) is 0 Å². The van der Waals surface area contributed by atoms with E-state index in [-0.39, 0.29) is 36.5 Å². The maximum Gasteiger partial charge on any atom is 0.305 e. The molecule has 0 bridgehead atoms. The molecule has 0 heterocycles. The van der Waals surface area contributed by atoms with Crippen LogP contribution in [-0.2, 0) is 19.1 Å². The van der Waals surface area contributed by atoms with Crippen molar-refractivity contribution in [1.29, 1.82) is 0 Å². The predicted molar refractivity (Wildman–Crippen MR) is 78.6 cm³/mol. The minimum atomic E-state index is -0.235. The SMILES string of the molecule is COC(=O)CCCCCC[C@@H]1[C@@H](CO)CC[C@@H]1OC(C)=O. The van der Waals surface area contributed by atoms with Gasteiger partial charge in [0.15, 0.2) is 0 Å². The van der Waals surface area contributed by atoms with Gasteiger partial charge in [0, 0.05) is 25.9 Å². The van der Waals surface area contributed by atoms with Gasteiger partial charge in [-0.3, -0.25) is 9.59 Å². The van der Waals surface area contributed by atoms with E-state index in [4.69, 9.17) is 4.74 Å².